The molecule has 2 aromatic carbocycles. The molecule has 11 heteroatoms. The maximum Gasteiger partial charge on any atom is 0.243 e. The number of sulfonamides is 1. The van der Waals surface area contributed by atoms with E-state index in [1.165, 1.54) is 47.5 Å². The van der Waals surface area contributed by atoms with Gasteiger partial charge in [-0.05, 0) is 93.0 Å². The van der Waals surface area contributed by atoms with Crippen LogP contribution in [0, 0.1) is 12.8 Å². The predicted octanol–water partition coefficient (Wildman–Crippen LogP) is 4.72. The van der Waals surface area contributed by atoms with E-state index in [0.29, 0.717) is 36.1 Å². The highest BCUT2D eigenvalue weighted by atomic mass is 32.2. The number of carbonyl (C=O) groups is 1. The van der Waals surface area contributed by atoms with Crippen LogP contribution in [0.5, 0.6) is 5.75 Å². The van der Waals surface area contributed by atoms with E-state index < -0.39 is 15.9 Å². The zero-order chi connectivity index (χ0) is 27.1. The number of rotatable bonds is 6. The van der Waals surface area contributed by atoms with Gasteiger partial charge in [-0.1, -0.05) is 11.3 Å². The molecule has 1 aliphatic heterocycles. The molecule has 3 heterocycles. The molecule has 0 spiro atoms. The Balaban J connectivity index is 1.21. The number of carbonyl (C=O) groups excluding carboxylic acids is 1. The number of thiazole rings is 1. The van der Waals surface area contributed by atoms with Gasteiger partial charge in [0.1, 0.15) is 11.6 Å². The highest BCUT2D eigenvalue weighted by Crippen LogP contribution is 2.33. The molecule has 2 aliphatic rings. The first-order valence-electron chi connectivity index (χ1n) is 13.3. The summed E-state index contributed by atoms with van der Waals surface area (Å²) in [5, 5.41) is 8.33. The second kappa shape index (κ2) is 10.4. The van der Waals surface area contributed by atoms with Crippen LogP contribution in [0.3, 0.4) is 0 Å². The van der Waals surface area contributed by atoms with Gasteiger partial charge >= 0.3 is 0 Å². The van der Waals surface area contributed by atoms with Gasteiger partial charge in [-0.3, -0.25) is 4.79 Å². The molecule has 204 valence electrons. The van der Waals surface area contributed by atoms with Crippen LogP contribution in [0.2, 0.25) is 0 Å². The van der Waals surface area contributed by atoms with E-state index in [2.05, 4.69) is 22.5 Å². The fourth-order valence-corrected chi connectivity index (χ4v) is 7.97. The number of fused-ring (bicyclic) bond motifs is 2. The molecule has 1 N–H and O–H groups in total. The fourth-order valence-electron chi connectivity index (χ4n) is 5.47. The summed E-state index contributed by atoms with van der Waals surface area (Å²) >= 11 is 1.56. The van der Waals surface area contributed by atoms with Crippen LogP contribution < -0.4 is 10.1 Å². The molecule has 2 aromatic heterocycles. The zero-order valence-electron chi connectivity index (χ0n) is 22.0. The van der Waals surface area contributed by atoms with E-state index in [1.807, 2.05) is 13.0 Å². The molecule has 1 amide bonds. The topological polar surface area (TPSA) is 106 Å². The summed E-state index contributed by atoms with van der Waals surface area (Å²) in [7, 11) is -2.19. The van der Waals surface area contributed by atoms with Gasteiger partial charge in [0.2, 0.25) is 21.1 Å². The minimum absolute atomic E-state index is 0.125. The number of methoxy groups -OCH3 is 1. The lowest BCUT2D eigenvalue weighted by molar-refractivity contribution is -0.120. The second-order valence-electron chi connectivity index (χ2n) is 10.2. The maximum absolute atomic E-state index is 13.4. The van der Waals surface area contributed by atoms with Gasteiger partial charge < -0.3 is 10.1 Å². The number of aryl methyl sites for hydroxylation is 3. The molecular formula is C28H31N5O4S2. The normalized spacial score (nSPS) is 18.2. The minimum atomic E-state index is -3.72. The van der Waals surface area contributed by atoms with Crippen LogP contribution in [0.4, 0.5) is 5.82 Å². The Morgan fingerprint density at radius 1 is 1.08 bits per heavy atom. The Hall–Kier alpha value is -3.28. The Morgan fingerprint density at radius 2 is 1.82 bits per heavy atom. The average Bonchev–Trinajstić information content (AvgIpc) is 3.53. The summed E-state index contributed by atoms with van der Waals surface area (Å²) < 4.78 is 35.9. The number of benzene rings is 2. The number of nitrogens with zero attached hydrogens (tertiary/aromatic N) is 4. The number of hydrogen-bond acceptors (Lipinski definition) is 7. The first-order chi connectivity index (χ1) is 18.8. The third-order valence-electron chi connectivity index (χ3n) is 7.56. The number of amides is 1. The van der Waals surface area contributed by atoms with Crippen molar-refractivity contribution in [1.82, 2.24) is 19.1 Å². The lowest BCUT2D eigenvalue weighted by Gasteiger charge is -2.31. The van der Waals surface area contributed by atoms with Crippen molar-refractivity contribution in [2.75, 3.05) is 25.5 Å². The predicted molar refractivity (Wildman–Crippen MR) is 151 cm³/mol. The second-order valence-corrected chi connectivity index (χ2v) is 13.2. The minimum Gasteiger partial charge on any atom is -0.497 e. The summed E-state index contributed by atoms with van der Waals surface area (Å²) in [6.07, 6.45) is 5.84. The third kappa shape index (κ3) is 5.06. The van der Waals surface area contributed by atoms with E-state index in [4.69, 9.17) is 9.72 Å². The van der Waals surface area contributed by atoms with Crippen molar-refractivity contribution in [3.63, 3.8) is 0 Å². The fraction of sp³-hybridized carbons (Fsp3) is 0.393. The average molecular weight is 566 g/mol. The van der Waals surface area contributed by atoms with Gasteiger partial charge in [-0.2, -0.15) is 14.1 Å². The molecule has 1 atom stereocenters. The zero-order valence-corrected chi connectivity index (χ0v) is 23.6. The number of ether oxygens (including phenoxy) is 1. The molecule has 6 rings (SSSR count). The third-order valence-corrected chi connectivity index (χ3v) is 10.4. The van der Waals surface area contributed by atoms with Gasteiger partial charge in [0.25, 0.3) is 0 Å². The van der Waals surface area contributed by atoms with E-state index in [0.717, 1.165) is 28.8 Å². The maximum atomic E-state index is 13.4. The van der Waals surface area contributed by atoms with Crippen LogP contribution >= 0.6 is 11.3 Å². The largest absolute Gasteiger partial charge is 0.497 e. The molecular weight excluding hydrogens is 534 g/mol. The monoisotopic (exact) mass is 565 g/mol. The van der Waals surface area contributed by atoms with Crippen molar-refractivity contribution in [3.05, 3.63) is 59.3 Å². The smallest absolute Gasteiger partial charge is 0.243 e. The van der Waals surface area contributed by atoms with Gasteiger partial charge in [-0.25, -0.2) is 13.4 Å². The molecule has 39 heavy (non-hydrogen) atoms. The van der Waals surface area contributed by atoms with Crippen LogP contribution in [-0.4, -0.2) is 53.6 Å². The number of piperidine rings is 1. The highest BCUT2D eigenvalue weighted by molar-refractivity contribution is 7.89. The van der Waals surface area contributed by atoms with Gasteiger partial charge in [-0.15, -0.1) is 0 Å². The quantitative estimate of drug-likeness (QED) is 0.363. The molecule has 1 saturated heterocycles. The molecule has 1 fully saturated rings. The van der Waals surface area contributed by atoms with E-state index in [9.17, 15) is 13.2 Å². The van der Waals surface area contributed by atoms with Crippen molar-refractivity contribution in [2.24, 2.45) is 5.92 Å². The van der Waals surface area contributed by atoms with Crippen LogP contribution in [-0.2, 0) is 27.7 Å². The highest BCUT2D eigenvalue weighted by Gasteiger charge is 2.34. The Bertz CT molecular complexity index is 1600. The van der Waals surface area contributed by atoms with E-state index >= 15 is 0 Å². The molecule has 1 unspecified atom stereocenters. The van der Waals surface area contributed by atoms with E-state index in [1.54, 1.807) is 28.2 Å². The molecule has 0 bridgehead atoms. The van der Waals surface area contributed by atoms with Crippen LogP contribution in [0.1, 0.15) is 42.5 Å². The number of nitrogens with one attached hydrogen (secondary N) is 1. The molecule has 4 aromatic rings. The van der Waals surface area contributed by atoms with E-state index in [-0.39, 0.29) is 17.3 Å². The van der Waals surface area contributed by atoms with Gasteiger partial charge in [0.15, 0.2) is 0 Å². The Kier molecular flexibility index (Phi) is 6.90. The molecule has 0 saturated carbocycles. The summed E-state index contributed by atoms with van der Waals surface area (Å²) in [5.41, 5.74) is 4.49. The SMILES string of the molecule is COc1ccc(S(=O)(=O)N2CCCC(C(=O)Nc3cc(C)nn3-c3nc4cc5c(cc4s3)CCCC5)C2)cc1. The van der Waals surface area contributed by atoms with Crippen molar-refractivity contribution >= 4 is 43.3 Å². The summed E-state index contributed by atoms with van der Waals surface area (Å²) in [6, 6.07) is 12.6. The molecule has 1 aliphatic carbocycles. The van der Waals surface area contributed by atoms with Crippen molar-refractivity contribution in [1.29, 1.82) is 0 Å². The number of anilines is 1. The van der Waals surface area contributed by atoms with Crippen LogP contribution in [0.25, 0.3) is 15.3 Å². The lowest BCUT2D eigenvalue weighted by atomic mass is 9.92. The Labute approximate surface area is 231 Å². The first-order valence-corrected chi connectivity index (χ1v) is 15.5. The summed E-state index contributed by atoms with van der Waals surface area (Å²) in [6.45, 7) is 2.38. The van der Waals surface area contributed by atoms with Crippen molar-refractivity contribution in [3.8, 4) is 10.9 Å². The number of aromatic nitrogens is 3. The van der Waals surface area contributed by atoms with Crippen LogP contribution in [0.15, 0.2) is 47.4 Å². The van der Waals surface area contributed by atoms with Crippen molar-refractivity contribution < 1.29 is 17.9 Å². The first kappa shape index (κ1) is 26.0. The van der Waals surface area contributed by atoms with Crippen molar-refractivity contribution in [2.45, 2.75) is 50.3 Å². The Morgan fingerprint density at radius 3 is 2.56 bits per heavy atom. The molecule has 0 radical (unpaired) electrons. The van der Waals surface area contributed by atoms with Gasteiger partial charge in [0.05, 0.1) is 33.8 Å². The summed E-state index contributed by atoms with van der Waals surface area (Å²) in [4.78, 5) is 18.4. The van der Waals surface area contributed by atoms with Gasteiger partial charge in [0, 0.05) is 19.2 Å². The number of hydrogen-bond donors (Lipinski definition) is 1. The molecule has 9 nitrogen and oxygen atoms in total. The summed E-state index contributed by atoms with van der Waals surface area (Å²) in [5.74, 6) is 0.431. The lowest BCUT2D eigenvalue weighted by Crippen LogP contribution is -2.43. The standard InChI is InChI=1S/C28H31N5O4S2/c1-18-14-26(33(31-18)28-29-24-15-19-6-3-4-7-20(19)16-25(24)38-28)30-27(34)21-8-5-13-32(17-21)39(35,36)23-11-9-22(37-2)10-12-23/h9-12,14-16,21H,3-8,13,17H2,1-2H3,(H,30,34).